The fraction of sp³-hybridized carbons (Fsp3) is 0.500. The van der Waals surface area contributed by atoms with Gasteiger partial charge in [0.1, 0.15) is 24.1 Å². The van der Waals surface area contributed by atoms with Gasteiger partial charge in [0.2, 0.25) is 0 Å². The van der Waals surface area contributed by atoms with Crippen molar-refractivity contribution in [3.63, 3.8) is 0 Å². The summed E-state index contributed by atoms with van der Waals surface area (Å²) in [6.07, 6.45) is -5.01. The zero-order valence-electron chi connectivity index (χ0n) is 9.89. The Morgan fingerprint density at radius 1 is 1.00 bits per heavy atom. The van der Waals surface area contributed by atoms with Gasteiger partial charge in [-0.2, -0.15) is 0 Å². The summed E-state index contributed by atoms with van der Waals surface area (Å²) in [5.41, 5.74) is 0.632. The lowest BCUT2D eigenvalue weighted by atomic mass is 9.99. The van der Waals surface area contributed by atoms with Gasteiger partial charge in [0.15, 0.2) is 6.23 Å². The molecule has 0 spiro atoms. The molecular weight excluding hydrogens is 238 g/mol. The van der Waals surface area contributed by atoms with E-state index in [1.807, 2.05) is 0 Å². The van der Waals surface area contributed by atoms with Crippen LogP contribution in [0.2, 0.25) is 0 Å². The van der Waals surface area contributed by atoms with Gasteiger partial charge in [-0.25, -0.2) is 0 Å². The minimum absolute atomic E-state index is 0.134. The van der Waals surface area contributed by atoms with Gasteiger partial charge in [0, 0.05) is 5.69 Å². The van der Waals surface area contributed by atoms with E-state index in [1.165, 1.54) is 12.1 Å². The summed E-state index contributed by atoms with van der Waals surface area (Å²) in [6.45, 7) is 1.62. The molecule has 1 heterocycles. The second kappa shape index (κ2) is 5.11. The van der Waals surface area contributed by atoms with Crippen molar-refractivity contribution in [2.24, 2.45) is 0 Å². The lowest BCUT2D eigenvalue weighted by molar-refractivity contribution is -0.209. The van der Waals surface area contributed by atoms with Gasteiger partial charge in [-0.05, 0) is 31.2 Å². The molecule has 1 aromatic carbocycles. The number of aromatic hydroxyl groups is 1. The summed E-state index contributed by atoms with van der Waals surface area (Å²) in [5.74, 6) is 0.134. The third-order valence-electron chi connectivity index (χ3n) is 3.03. The number of benzene rings is 1. The first-order valence-corrected chi connectivity index (χ1v) is 5.74. The number of ether oxygens (including phenoxy) is 1. The minimum Gasteiger partial charge on any atom is -0.508 e. The first-order chi connectivity index (χ1) is 8.49. The van der Waals surface area contributed by atoms with Crippen LogP contribution < -0.4 is 5.32 Å². The highest BCUT2D eigenvalue weighted by Crippen LogP contribution is 2.23. The molecule has 0 unspecified atom stereocenters. The summed E-state index contributed by atoms with van der Waals surface area (Å²) in [6, 6.07) is 6.22. The second-order valence-corrected chi connectivity index (χ2v) is 4.42. The van der Waals surface area contributed by atoms with Crippen molar-refractivity contribution in [3.8, 4) is 5.75 Å². The second-order valence-electron chi connectivity index (χ2n) is 4.42. The average molecular weight is 255 g/mol. The largest absolute Gasteiger partial charge is 0.508 e. The quantitative estimate of drug-likeness (QED) is 0.462. The van der Waals surface area contributed by atoms with Crippen LogP contribution in [0.15, 0.2) is 24.3 Å². The molecule has 1 aromatic rings. The van der Waals surface area contributed by atoms with E-state index < -0.39 is 30.6 Å². The number of anilines is 1. The van der Waals surface area contributed by atoms with Gasteiger partial charge < -0.3 is 30.5 Å². The SMILES string of the molecule is C[C@@H]1O[C@@H](Nc2ccc(O)cc2)[C@@H](O)[C@@H](O)[C@H]1O. The molecule has 6 nitrogen and oxygen atoms in total. The Kier molecular flexibility index (Phi) is 3.72. The molecule has 0 bridgehead atoms. The molecule has 6 heteroatoms. The van der Waals surface area contributed by atoms with Crippen molar-refractivity contribution in [3.05, 3.63) is 24.3 Å². The van der Waals surface area contributed by atoms with E-state index in [9.17, 15) is 15.3 Å². The van der Waals surface area contributed by atoms with Crippen LogP contribution in [0.5, 0.6) is 5.75 Å². The summed E-state index contributed by atoms with van der Waals surface area (Å²) in [5, 5.41) is 41.0. The maximum absolute atomic E-state index is 9.79. The van der Waals surface area contributed by atoms with Crippen LogP contribution in [0.4, 0.5) is 5.69 Å². The lowest BCUT2D eigenvalue weighted by Gasteiger charge is -2.39. The number of aliphatic hydroxyl groups is 3. The number of nitrogens with one attached hydrogen (secondary N) is 1. The van der Waals surface area contributed by atoms with Gasteiger partial charge in [-0.1, -0.05) is 0 Å². The number of rotatable bonds is 2. The van der Waals surface area contributed by atoms with Crippen molar-refractivity contribution in [1.82, 2.24) is 0 Å². The van der Waals surface area contributed by atoms with E-state index >= 15 is 0 Å². The number of phenolic OH excluding ortho intramolecular Hbond substituents is 1. The van der Waals surface area contributed by atoms with Crippen molar-refractivity contribution in [2.75, 3.05) is 5.32 Å². The molecule has 0 amide bonds. The van der Waals surface area contributed by atoms with Gasteiger partial charge in [0.25, 0.3) is 0 Å². The third-order valence-corrected chi connectivity index (χ3v) is 3.03. The highest BCUT2D eigenvalue weighted by atomic mass is 16.5. The zero-order chi connectivity index (χ0) is 13.3. The van der Waals surface area contributed by atoms with Crippen LogP contribution in [0.1, 0.15) is 6.92 Å². The van der Waals surface area contributed by atoms with Crippen LogP contribution in [-0.4, -0.2) is 51.1 Å². The van der Waals surface area contributed by atoms with Gasteiger partial charge in [0.05, 0.1) is 6.10 Å². The number of phenols is 1. The third kappa shape index (κ3) is 2.56. The predicted octanol–water partition coefficient (Wildman–Crippen LogP) is -0.368. The number of hydrogen-bond acceptors (Lipinski definition) is 6. The molecule has 1 saturated heterocycles. The van der Waals surface area contributed by atoms with Crippen molar-refractivity contribution in [2.45, 2.75) is 37.6 Å². The molecule has 5 atom stereocenters. The molecule has 1 aliphatic heterocycles. The normalized spacial score (nSPS) is 36.3. The molecule has 0 aliphatic carbocycles. The molecule has 1 fully saturated rings. The van der Waals surface area contributed by atoms with E-state index in [0.29, 0.717) is 5.69 Å². The van der Waals surface area contributed by atoms with E-state index in [-0.39, 0.29) is 5.75 Å². The molecule has 0 radical (unpaired) electrons. The predicted molar refractivity (Wildman–Crippen MR) is 64.1 cm³/mol. The van der Waals surface area contributed by atoms with Crippen molar-refractivity contribution >= 4 is 5.69 Å². The summed E-state index contributed by atoms with van der Waals surface area (Å²) in [4.78, 5) is 0. The Labute approximate surface area is 104 Å². The monoisotopic (exact) mass is 255 g/mol. The van der Waals surface area contributed by atoms with Crippen molar-refractivity contribution in [1.29, 1.82) is 0 Å². The molecule has 5 N–H and O–H groups in total. The van der Waals surface area contributed by atoms with Crippen LogP contribution >= 0.6 is 0 Å². The van der Waals surface area contributed by atoms with E-state index in [4.69, 9.17) is 9.84 Å². The van der Waals surface area contributed by atoms with Crippen LogP contribution in [0.3, 0.4) is 0 Å². The molecule has 0 saturated carbocycles. The maximum Gasteiger partial charge on any atom is 0.157 e. The van der Waals surface area contributed by atoms with Crippen LogP contribution in [0.25, 0.3) is 0 Å². The van der Waals surface area contributed by atoms with Gasteiger partial charge in [-0.15, -0.1) is 0 Å². The fourth-order valence-corrected chi connectivity index (χ4v) is 1.89. The first-order valence-electron chi connectivity index (χ1n) is 5.74. The fourth-order valence-electron chi connectivity index (χ4n) is 1.89. The Balaban J connectivity index is 2.06. The molecule has 0 aromatic heterocycles. The molecule has 1 aliphatic rings. The molecule has 100 valence electrons. The van der Waals surface area contributed by atoms with Gasteiger partial charge >= 0.3 is 0 Å². The Morgan fingerprint density at radius 2 is 1.61 bits per heavy atom. The Hall–Kier alpha value is -1.34. The Morgan fingerprint density at radius 3 is 2.22 bits per heavy atom. The van der Waals surface area contributed by atoms with Crippen molar-refractivity contribution < 1.29 is 25.2 Å². The molecule has 2 rings (SSSR count). The van der Waals surface area contributed by atoms with Crippen LogP contribution in [0, 0.1) is 0 Å². The summed E-state index contributed by atoms with van der Waals surface area (Å²) in [7, 11) is 0. The minimum atomic E-state index is -1.26. The standard InChI is InChI=1S/C12H17NO5/c1-6-9(15)10(16)11(17)12(18-6)13-7-2-4-8(14)5-3-7/h2-6,9-17H,1H3/t6-,9-,10-,11-,12+/m0/s1. The zero-order valence-corrected chi connectivity index (χ0v) is 9.89. The van der Waals surface area contributed by atoms with Crippen LogP contribution in [-0.2, 0) is 4.74 Å². The average Bonchev–Trinajstić information content (AvgIpc) is 2.36. The van der Waals surface area contributed by atoms with E-state index in [0.717, 1.165) is 0 Å². The Bertz CT molecular complexity index is 396. The smallest absolute Gasteiger partial charge is 0.157 e. The molecule has 18 heavy (non-hydrogen) atoms. The van der Waals surface area contributed by atoms with E-state index in [2.05, 4.69) is 5.32 Å². The highest BCUT2D eigenvalue weighted by molar-refractivity contribution is 5.46. The van der Waals surface area contributed by atoms with Gasteiger partial charge in [-0.3, -0.25) is 0 Å². The highest BCUT2D eigenvalue weighted by Gasteiger charge is 2.41. The lowest BCUT2D eigenvalue weighted by Crippen LogP contribution is -2.58. The van der Waals surface area contributed by atoms with E-state index in [1.54, 1.807) is 19.1 Å². The summed E-state index contributed by atoms with van der Waals surface area (Å²) < 4.78 is 5.38. The summed E-state index contributed by atoms with van der Waals surface area (Å²) >= 11 is 0. The molecular formula is C12H17NO5. The number of hydrogen-bond donors (Lipinski definition) is 5. The first kappa shape index (κ1) is 13.1. The topological polar surface area (TPSA) is 102 Å². The maximum atomic E-state index is 9.79. The number of aliphatic hydroxyl groups excluding tert-OH is 3.